The van der Waals surface area contributed by atoms with Gasteiger partial charge in [-0.3, -0.25) is 0 Å². The molecule has 0 radical (unpaired) electrons. The van der Waals surface area contributed by atoms with Gasteiger partial charge >= 0.3 is 0 Å². The van der Waals surface area contributed by atoms with Gasteiger partial charge in [0.15, 0.2) is 0 Å². The van der Waals surface area contributed by atoms with E-state index in [9.17, 15) is 0 Å². The van der Waals surface area contributed by atoms with E-state index < -0.39 is 0 Å². The van der Waals surface area contributed by atoms with Crippen LogP contribution in [0, 0.1) is 0 Å². The van der Waals surface area contributed by atoms with Crippen molar-refractivity contribution in [2.24, 2.45) is 0 Å². The molecule has 1 heterocycles. The van der Waals surface area contributed by atoms with E-state index in [4.69, 9.17) is 16.3 Å². The summed E-state index contributed by atoms with van der Waals surface area (Å²) >= 11 is 5.95. The number of ether oxygens (including phenoxy) is 1. The Balaban J connectivity index is 2.16. The number of nitrogens with zero attached hydrogens (tertiary/aromatic N) is 1. The lowest BCUT2D eigenvalue weighted by molar-refractivity contribution is 0.102. The molecular weight excluding hydrogens is 224 g/mol. The molecule has 2 aromatic rings. The molecule has 0 saturated heterocycles. The third-order valence-corrected chi connectivity index (χ3v) is 2.67. The number of nitrogens with one attached hydrogen (secondary N) is 1. The Morgan fingerprint density at radius 1 is 1.50 bits per heavy atom. The van der Waals surface area contributed by atoms with E-state index in [1.54, 1.807) is 19.5 Å². The topological polar surface area (TPSA) is 37.9 Å². The number of imidazole rings is 1. The number of hydrogen-bond acceptors (Lipinski definition) is 2. The lowest BCUT2D eigenvalue weighted by Gasteiger charge is -2.14. The summed E-state index contributed by atoms with van der Waals surface area (Å²) in [5, 5.41) is 0.721. The van der Waals surface area contributed by atoms with Gasteiger partial charge in [0.25, 0.3) is 0 Å². The zero-order valence-corrected chi connectivity index (χ0v) is 9.74. The zero-order chi connectivity index (χ0) is 11.4. The summed E-state index contributed by atoms with van der Waals surface area (Å²) in [4.78, 5) is 7.25. The fourth-order valence-electron chi connectivity index (χ4n) is 1.63. The van der Waals surface area contributed by atoms with Crippen LogP contribution in [0.15, 0.2) is 36.7 Å². The van der Waals surface area contributed by atoms with E-state index in [2.05, 4.69) is 9.97 Å². The van der Waals surface area contributed by atoms with E-state index in [1.807, 2.05) is 24.3 Å². The Kier molecular flexibility index (Phi) is 3.59. The van der Waals surface area contributed by atoms with Gasteiger partial charge in [0.2, 0.25) is 0 Å². The molecule has 3 nitrogen and oxygen atoms in total. The standard InChI is InChI=1S/C12H13ClN2O/c1-16-11(8-12-14-5-6-15-12)9-3-2-4-10(13)7-9/h2-7,11H,8H2,1H3,(H,14,15). The lowest BCUT2D eigenvalue weighted by atomic mass is 10.1. The first kappa shape index (κ1) is 11.2. The SMILES string of the molecule is COC(Cc1ncc[nH]1)c1cccc(Cl)c1. The summed E-state index contributed by atoms with van der Waals surface area (Å²) in [6, 6.07) is 7.69. The molecule has 84 valence electrons. The van der Waals surface area contributed by atoms with Crippen molar-refractivity contribution in [2.75, 3.05) is 7.11 Å². The van der Waals surface area contributed by atoms with Gasteiger partial charge in [-0.2, -0.15) is 0 Å². The van der Waals surface area contributed by atoms with Crippen molar-refractivity contribution in [3.05, 3.63) is 53.1 Å². The molecule has 1 unspecified atom stereocenters. The molecule has 0 aliphatic heterocycles. The first-order valence-corrected chi connectivity index (χ1v) is 5.44. The maximum atomic E-state index is 5.95. The molecule has 0 spiro atoms. The highest BCUT2D eigenvalue weighted by Crippen LogP contribution is 2.22. The summed E-state index contributed by atoms with van der Waals surface area (Å²) in [6.07, 6.45) is 4.23. The molecule has 16 heavy (non-hydrogen) atoms. The van der Waals surface area contributed by atoms with Crippen molar-refractivity contribution in [2.45, 2.75) is 12.5 Å². The summed E-state index contributed by atoms with van der Waals surface area (Å²) in [5.41, 5.74) is 1.06. The van der Waals surface area contributed by atoms with Crippen LogP contribution >= 0.6 is 11.6 Å². The van der Waals surface area contributed by atoms with Crippen molar-refractivity contribution in [1.29, 1.82) is 0 Å². The summed E-state index contributed by atoms with van der Waals surface area (Å²) in [5.74, 6) is 0.909. The molecular formula is C12H13ClN2O. The maximum absolute atomic E-state index is 5.95. The van der Waals surface area contributed by atoms with E-state index >= 15 is 0 Å². The van der Waals surface area contributed by atoms with Crippen LogP contribution in [0.3, 0.4) is 0 Å². The van der Waals surface area contributed by atoms with Crippen LogP contribution in [0.1, 0.15) is 17.5 Å². The van der Waals surface area contributed by atoms with E-state index in [0.29, 0.717) is 6.42 Å². The summed E-state index contributed by atoms with van der Waals surface area (Å²) in [6.45, 7) is 0. The highest BCUT2D eigenvalue weighted by Gasteiger charge is 2.12. The highest BCUT2D eigenvalue weighted by molar-refractivity contribution is 6.30. The van der Waals surface area contributed by atoms with Crippen molar-refractivity contribution in [3.8, 4) is 0 Å². The molecule has 0 fully saturated rings. The highest BCUT2D eigenvalue weighted by atomic mass is 35.5. The molecule has 0 amide bonds. The van der Waals surface area contributed by atoms with E-state index in [0.717, 1.165) is 16.4 Å². The van der Waals surface area contributed by atoms with Crippen LogP contribution in [-0.2, 0) is 11.2 Å². The average molecular weight is 237 g/mol. The fraction of sp³-hybridized carbons (Fsp3) is 0.250. The molecule has 1 aromatic heterocycles. The van der Waals surface area contributed by atoms with Crippen molar-refractivity contribution in [1.82, 2.24) is 9.97 Å². The predicted octanol–water partition coefficient (Wildman–Crippen LogP) is 2.99. The van der Waals surface area contributed by atoms with Gasteiger partial charge in [-0.15, -0.1) is 0 Å². The Morgan fingerprint density at radius 2 is 2.38 bits per heavy atom. The number of methoxy groups -OCH3 is 1. The molecule has 0 bridgehead atoms. The van der Waals surface area contributed by atoms with Gasteiger partial charge in [0.1, 0.15) is 5.82 Å². The normalized spacial score (nSPS) is 12.6. The summed E-state index contributed by atoms with van der Waals surface area (Å²) < 4.78 is 5.45. The minimum atomic E-state index is -0.0233. The predicted molar refractivity (Wildman–Crippen MR) is 63.5 cm³/mol. The second kappa shape index (κ2) is 5.14. The van der Waals surface area contributed by atoms with Gasteiger partial charge in [-0.25, -0.2) is 4.98 Å². The number of H-pyrrole nitrogens is 1. The second-order valence-electron chi connectivity index (χ2n) is 3.52. The average Bonchev–Trinajstić information content (AvgIpc) is 2.78. The lowest BCUT2D eigenvalue weighted by Crippen LogP contribution is -2.06. The Hall–Kier alpha value is -1.32. The number of rotatable bonds is 4. The molecule has 1 atom stereocenters. The van der Waals surface area contributed by atoms with Crippen molar-refractivity contribution < 1.29 is 4.74 Å². The molecule has 0 aliphatic rings. The smallest absolute Gasteiger partial charge is 0.108 e. The number of hydrogen-bond donors (Lipinski definition) is 1. The molecule has 1 N–H and O–H groups in total. The summed E-state index contributed by atoms with van der Waals surface area (Å²) in [7, 11) is 1.69. The monoisotopic (exact) mass is 236 g/mol. The minimum absolute atomic E-state index is 0.0233. The van der Waals surface area contributed by atoms with Crippen LogP contribution < -0.4 is 0 Å². The Morgan fingerprint density at radius 3 is 3.00 bits per heavy atom. The Labute approximate surface area is 99.4 Å². The molecule has 1 aromatic carbocycles. The first-order chi connectivity index (χ1) is 7.79. The number of benzene rings is 1. The third kappa shape index (κ3) is 2.62. The number of aromatic amines is 1. The van der Waals surface area contributed by atoms with Crippen LogP contribution in [-0.4, -0.2) is 17.1 Å². The first-order valence-electron chi connectivity index (χ1n) is 5.06. The minimum Gasteiger partial charge on any atom is -0.376 e. The quantitative estimate of drug-likeness (QED) is 0.886. The van der Waals surface area contributed by atoms with Crippen LogP contribution in [0.4, 0.5) is 0 Å². The number of aromatic nitrogens is 2. The van der Waals surface area contributed by atoms with Crippen molar-refractivity contribution in [3.63, 3.8) is 0 Å². The zero-order valence-electron chi connectivity index (χ0n) is 8.98. The molecule has 0 aliphatic carbocycles. The van der Waals surface area contributed by atoms with Gasteiger partial charge in [-0.1, -0.05) is 23.7 Å². The molecule has 4 heteroatoms. The van der Waals surface area contributed by atoms with E-state index in [-0.39, 0.29) is 6.10 Å². The van der Waals surface area contributed by atoms with Gasteiger partial charge < -0.3 is 9.72 Å². The van der Waals surface area contributed by atoms with Crippen molar-refractivity contribution >= 4 is 11.6 Å². The largest absolute Gasteiger partial charge is 0.376 e. The Bertz CT molecular complexity index is 442. The maximum Gasteiger partial charge on any atom is 0.108 e. The van der Waals surface area contributed by atoms with Crippen LogP contribution in [0.2, 0.25) is 5.02 Å². The second-order valence-corrected chi connectivity index (χ2v) is 3.96. The van der Waals surface area contributed by atoms with E-state index in [1.165, 1.54) is 0 Å². The van der Waals surface area contributed by atoms with Gasteiger partial charge in [-0.05, 0) is 17.7 Å². The van der Waals surface area contributed by atoms with Crippen LogP contribution in [0.25, 0.3) is 0 Å². The van der Waals surface area contributed by atoms with Crippen LogP contribution in [0.5, 0.6) is 0 Å². The van der Waals surface area contributed by atoms with Gasteiger partial charge in [0, 0.05) is 30.9 Å². The van der Waals surface area contributed by atoms with Gasteiger partial charge in [0.05, 0.1) is 6.10 Å². The molecule has 0 saturated carbocycles. The molecule has 2 rings (SSSR count). The fourth-order valence-corrected chi connectivity index (χ4v) is 1.83. The third-order valence-electron chi connectivity index (χ3n) is 2.44. The number of halogens is 1.